The molecule has 1 aromatic carbocycles. The average Bonchev–Trinajstić information content (AvgIpc) is 3.53. The summed E-state index contributed by atoms with van der Waals surface area (Å²) in [5, 5.41) is 39.2. The fourth-order valence-electron chi connectivity index (χ4n) is 4.84. The van der Waals surface area contributed by atoms with Crippen LogP contribution in [0.2, 0.25) is 5.28 Å². The molecule has 0 radical (unpaired) electrons. The summed E-state index contributed by atoms with van der Waals surface area (Å²) in [6.07, 6.45) is -9.88. The highest BCUT2D eigenvalue weighted by Crippen LogP contribution is 2.37. The molecule has 4 N–H and O–H groups in total. The Morgan fingerprint density at radius 3 is 1.98 bits per heavy atom. The summed E-state index contributed by atoms with van der Waals surface area (Å²) in [5.74, 6) is -5.62. The second-order valence-corrected chi connectivity index (χ2v) is 13.7. The Balaban J connectivity index is 1.66. The van der Waals surface area contributed by atoms with Gasteiger partial charge < -0.3 is 39.4 Å². The number of ether oxygens (including phenoxy) is 4. The average molecular weight is 740 g/mol. The lowest BCUT2D eigenvalue weighted by Crippen LogP contribution is -2.52. The minimum atomic E-state index is -2.96. The molecule has 0 bridgehead atoms. The van der Waals surface area contributed by atoms with Gasteiger partial charge in [-0.3, -0.25) is 4.57 Å². The largest absolute Gasteiger partial charge is 0.479 e. The van der Waals surface area contributed by atoms with Gasteiger partial charge in [-0.25, -0.2) is 33.3 Å². The van der Waals surface area contributed by atoms with E-state index < -0.39 is 95.6 Å². The van der Waals surface area contributed by atoms with Crippen molar-refractivity contribution in [1.29, 1.82) is 0 Å². The number of carboxylic acids is 3. The summed E-state index contributed by atoms with van der Waals surface area (Å²) in [6, 6.07) is 4.70. The number of nitrogens with zero attached hydrogens (tertiary/aromatic N) is 5. The van der Waals surface area contributed by atoms with Crippen molar-refractivity contribution in [3.63, 3.8) is 0 Å². The molecule has 0 saturated carbocycles. The van der Waals surface area contributed by atoms with Crippen LogP contribution in [-0.4, -0.2) is 112 Å². The van der Waals surface area contributed by atoms with Crippen LogP contribution in [0.15, 0.2) is 30.6 Å². The van der Waals surface area contributed by atoms with Crippen molar-refractivity contribution in [3.8, 4) is 0 Å². The second-order valence-electron chi connectivity index (χ2n) is 13.4. The Bertz CT molecular complexity index is 1800. The summed E-state index contributed by atoms with van der Waals surface area (Å²) >= 11 is 6.18. The van der Waals surface area contributed by atoms with Gasteiger partial charge in [0.15, 0.2) is 29.4 Å². The number of aromatic nitrogens is 4. The first-order chi connectivity index (χ1) is 23.5. The van der Waals surface area contributed by atoms with E-state index in [1.54, 1.807) is 41.5 Å². The summed E-state index contributed by atoms with van der Waals surface area (Å²) in [5.41, 5.74) is -5.72. The van der Waals surface area contributed by atoms with E-state index in [1.807, 2.05) is 0 Å². The molecule has 4 atom stereocenters. The summed E-state index contributed by atoms with van der Waals surface area (Å²) in [7, 11) is 0. The van der Waals surface area contributed by atoms with Gasteiger partial charge in [0.05, 0.1) is 18.5 Å². The monoisotopic (exact) mass is 739 g/mol. The molecule has 0 aliphatic carbocycles. The molecule has 51 heavy (non-hydrogen) atoms. The maximum absolute atomic E-state index is 15.7. The maximum Gasteiger partial charge on any atom is 0.425 e. The summed E-state index contributed by atoms with van der Waals surface area (Å²) < 4.78 is 38.4. The molecule has 1 fully saturated rings. The molecule has 1 saturated heterocycles. The van der Waals surface area contributed by atoms with Crippen LogP contribution in [0.1, 0.15) is 63.7 Å². The van der Waals surface area contributed by atoms with Crippen LogP contribution in [0.4, 0.5) is 19.8 Å². The van der Waals surface area contributed by atoms with Crippen LogP contribution in [0.3, 0.4) is 0 Å². The minimum Gasteiger partial charge on any atom is -0.479 e. The smallest absolute Gasteiger partial charge is 0.425 e. The third-order valence-corrected chi connectivity index (χ3v) is 7.32. The molecule has 1 aliphatic rings. The van der Waals surface area contributed by atoms with Gasteiger partial charge in [-0.2, -0.15) is 14.9 Å². The SMILES string of the molecule is CC(C)(C)OC(=O)N(C(=O)OC(C)(C)C)c1nc(Cl)nc2c1ncn2[C@@H]1O[C@H](COC(Cc2ccc(C(=O)O)cc2)(C(=O)O)C(=O)O)[C@H](O)[C@@H]1F. The Morgan fingerprint density at radius 2 is 1.49 bits per heavy atom. The van der Waals surface area contributed by atoms with Crippen molar-refractivity contribution < 1.29 is 67.7 Å². The van der Waals surface area contributed by atoms with Crippen molar-refractivity contribution in [3.05, 3.63) is 47.0 Å². The minimum absolute atomic E-state index is 0.0861. The highest BCUT2D eigenvalue weighted by atomic mass is 35.5. The molecule has 3 heterocycles. The fraction of sp³-hybridized carbons (Fsp3) is 0.484. The lowest BCUT2D eigenvalue weighted by molar-refractivity contribution is -0.190. The van der Waals surface area contributed by atoms with Gasteiger partial charge in [-0.05, 0) is 70.8 Å². The number of benzene rings is 1. The first kappa shape index (κ1) is 38.8. The zero-order valence-corrected chi connectivity index (χ0v) is 28.8. The quantitative estimate of drug-likeness (QED) is 0.171. The van der Waals surface area contributed by atoms with Gasteiger partial charge in [-0.1, -0.05) is 12.1 Å². The number of amides is 2. The molecule has 4 rings (SSSR count). The van der Waals surface area contributed by atoms with Gasteiger partial charge in [0, 0.05) is 6.42 Å². The lowest BCUT2D eigenvalue weighted by atomic mass is 9.93. The van der Waals surface area contributed by atoms with Crippen molar-refractivity contribution in [2.75, 3.05) is 11.5 Å². The van der Waals surface area contributed by atoms with E-state index >= 15 is 4.39 Å². The number of alkyl halides is 1. The number of halogens is 2. The van der Waals surface area contributed by atoms with E-state index in [0.717, 1.165) is 23.0 Å². The van der Waals surface area contributed by atoms with Gasteiger partial charge in [0.1, 0.15) is 23.4 Å². The second kappa shape index (κ2) is 14.3. The number of rotatable bonds is 10. The molecule has 18 nitrogen and oxygen atoms in total. The van der Waals surface area contributed by atoms with Gasteiger partial charge in [0.2, 0.25) is 5.28 Å². The van der Waals surface area contributed by atoms with Crippen LogP contribution in [0, 0.1) is 0 Å². The number of anilines is 1. The zero-order chi connectivity index (χ0) is 38.2. The predicted molar refractivity (Wildman–Crippen MR) is 171 cm³/mol. The number of hydrogen-bond acceptors (Lipinski definition) is 13. The van der Waals surface area contributed by atoms with Crippen LogP contribution < -0.4 is 4.90 Å². The van der Waals surface area contributed by atoms with Crippen molar-refractivity contribution in [2.45, 2.75) is 89.4 Å². The van der Waals surface area contributed by atoms with Crippen LogP contribution in [0.25, 0.3) is 11.2 Å². The number of carbonyl (C=O) groups excluding carboxylic acids is 2. The number of carboxylic acid groups (broad SMARTS) is 3. The van der Waals surface area contributed by atoms with Crippen molar-refractivity contribution in [1.82, 2.24) is 19.5 Å². The van der Waals surface area contributed by atoms with Crippen LogP contribution in [-0.2, 0) is 35.0 Å². The molecule has 2 aromatic heterocycles. The van der Waals surface area contributed by atoms with E-state index in [9.17, 15) is 39.3 Å². The summed E-state index contributed by atoms with van der Waals surface area (Å²) in [6.45, 7) is 8.36. The summed E-state index contributed by atoms with van der Waals surface area (Å²) in [4.78, 5) is 74.9. The highest BCUT2D eigenvalue weighted by Gasteiger charge is 2.52. The Kier molecular flexibility index (Phi) is 10.9. The molecule has 0 unspecified atom stereocenters. The number of aromatic carboxylic acids is 1. The molecular formula is C31H35ClFN5O13. The molecule has 3 aromatic rings. The van der Waals surface area contributed by atoms with Gasteiger partial charge in [-0.15, -0.1) is 0 Å². The molecular weight excluding hydrogens is 705 g/mol. The standard InChI is InChI=1S/C31H35ClFN5O13/c1-29(2,3)50-27(46)38(28(47)51-30(4,5)6)21-18-20(35-26(32)36-21)37(13-34-18)22-17(33)19(39)16(49-22)12-48-31(24(42)43,25(44)45)11-14-7-9-15(10-8-14)23(40)41/h7-10,13,16-17,19,22,39H,11-12H2,1-6H3,(H,40,41)(H,42,43)(H,44,45)/t16-,17+,19+,22-/m1/s1. The number of fused-ring (bicyclic) bond motifs is 1. The number of aliphatic hydroxyl groups is 1. The van der Waals surface area contributed by atoms with Crippen LogP contribution >= 0.6 is 11.6 Å². The lowest BCUT2D eigenvalue weighted by Gasteiger charge is -2.28. The third-order valence-electron chi connectivity index (χ3n) is 7.15. The number of carbonyl (C=O) groups is 5. The first-order valence-electron chi connectivity index (χ1n) is 15.1. The molecule has 20 heteroatoms. The topological polar surface area (TPSA) is 250 Å². The highest BCUT2D eigenvalue weighted by molar-refractivity contribution is 6.29. The van der Waals surface area contributed by atoms with Gasteiger partial charge in [0.25, 0.3) is 5.60 Å². The maximum atomic E-state index is 15.7. The number of aliphatic hydroxyl groups excluding tert-OH is 1. The molecule has 0 spiro atoms. The van der Waals surface area contributed by atoms with E-state index in [4.69, 9.17) is 35.7 Å². The van der Waals surface area contributed by atoms with Gasteiger partial charge >= 0.3 is 30.1 Å². The first-order valence-corrected chi connectivity index (χ1v) is 15.5. The Hall–Kier alpha value is -4.98. The zero-order valence-electron chi connectivity index (χ0n) is 28.1. The van der Waals surface area contributed by atoms with E-state index in [1.165, 1.54) is 12.1 Å². The number of imide groups is 1. The third kappa shape index (κ3) is 8.50. The Morgan fingerprint density at radius 1 is 0.941 bits per heavy atom. The van der Waals surface area contributed by atoms with E-state index in [2.05, 4.69) is 15.0 Å². The number of aliphatic carboxylic acids is 2. The fourth-order valence-corrected chi connectivity index (χ4v) is 5.00. The van der Waals surface area contributed by atoms with Crippen LogP contribution in [0.5, 0.6) is 0 Å². The van der Waals surface area contributed by atoms with E-state index in [0.29, 0.717) is 4.90 Å². The van der Waals surface area contributed by atoms with Crippen molar-refractivity contribution >= 4 is 58.7 Å². The Labute approximate surface area is 293 Å². The molecule has 276 valence electrons. The molecule has 2 amide bonds. The normalized spacial score (nSPS) is 19.5. The van der Waals surface area contributed by atoms with E-state index in [-0.39, 0.29) is 22.3 Å². The molecule has 1 aliphatic heterocycles. The number of imidazole rings is 1. The predicted octanol–water partition coefficient (Wildman–Crippen LogP) is 3.62. The number of hydrogen-bond donors (Lipinski definition) is 4. The van der Waals surface area contributed by atoms with Crippen molar-refractivity contribution in [2.24, 2.45) is 0 Å².